The first-order chi connectivity index (χ1) is 13.5. The summed E-state index contributed by atoms with van der Waals surface area (Å²) in [6.07, 6.45) is 2.01. The van der Waals surface area contributed by atoms with E-state index >= 15 is 0 Å². The number of imidazole rings is 1. The minimum atomic E-state index is -0.246. The molecule has 28 heavy (non-hydrogen) atoms. The average Bonchev–Trinajstić information content (AvgIpc) is 3.23. The minimum Gasteiger partial charge on any atom is -0.461 e. The van der Waals surface area contributed by atoms with Crippen LogP contribution in [0, 0.1) is 13.8 Å². The maximum Gasteiger partial charge on any atom is 0.311 e. The Bertz CT molecular complexity index is 1160. The monoisotopic (exact) mass is 391 g/mol. The van der Waals surface area contributed by atoms with E-state index in [1.165, 1.54) is 5.56 Å². The Morgan fingerprint density at radius 1 is 1.18 bits per heavy atom. The lowest BCUT2D eigenvalue weighted by Gasteiger charge is -2.05. The summed E-state index contributed by atoms with van der Waals surface area (Å²) in [6, 6.07) is 14.1. The molecule has 0 radical (unpaired) electrons. The molecule has 0 bridgehead atoms. The van der Waals surface area contributed by atoms with Gasteiger partial charge in [0.25, 0.3) is 0 Å². The van der Waals surface area contributed by atoms with Crippen LogP contribution < -0.4 is 0 Å². The van der Waals surface area contributed by atoms with Gasteiger partial charge in [0.15, 0.2) is 0 Å². The number of carbonyl (C=O) groups excluding carboxylic acids is 1. The van der Waals surface area contributed by atoms with Gasteiger partial charge in [0, 0.05) is 17.5 Å². The molecule has 0 atom stereocenters. The van der Waals surface area contributed by atoms with Crippen LogP contribution in [0.1, 0.15) is 21.7 Å². The largest absolute Gasteiger partial charge is 0.461 e. The highest BCUT2D eigenvalue weighted by Gasteiger charge is 2.15. The zero-order valence-corrected chi connectivity index (χ0v) is 16.9. The van der Waals surface area contributed by atoms with Crippen molar-refractivity contribution in [1.29, 1.82) is 0 Å². The Labute approximate surface area is 167 Å². The summed E-state index contributed by atoms with van der Waals surface area (Å²) >= 11 is 1.56. The second-order valence-electron chi connectivity index (χ2n) is 6.86. The molecule has 0 amide bonds. The van der Waals surface area contributed by atoms with E-state index in [9.17, 15) is 4.79 Å². The Kier molecular flexibility index (Phi) is 4.96. The number of esters is 1. The molecule has 2 heterocycles. The van der Waals surface area contributed by atoms with Gasteiger partial charge < -0.3 is 9.30 Å². The third-order valence-corrected chi connectivity index (χ3v) is 5.95. The van der Waals surface area contributed by atoms with E-state index in [4.69, 9.17) is 4.74 Å². The highest BCUT2D eigenvalue weighted by molar-refractivity contribution is 7.15. The van der Waals surface area contributed by atoms with E-state index in [1.54, 1.807) is 17.7 Å². The fourth-order valence-corrected chi connectivity index (χ4v) is 4.28. The molecular formula is C22H21N3O2S. The van der Waals surface area contributed by atoms with Crippen LogP contribution in [-0.2, 0) is 29.6 Å². The lowest BCUT2D eigenvalue weighted by Crippen LogP contribution is -2.07. The number of hydrogen-bond acceptors (Lipinski definition) is 5. The number of rotatable bonds is 5. The van der Waals surface area contributed by atoms with E-state index in [0.717, 1.165) is 37.7 Å². The molecule has 0 aliphatic carbocycles. The fraction of sp³-hybridized carbons (Fsp3) is 0.227. The summed E-state index contributed by atoms with van der Waals surface area (Å²) < 4.78 is 7.45. The first-order valence-corrected chi connectivity index (χ1v) is 9.91. The summed E-state index contributed by atoms with van der Waals surface area (Å²) in [4.78, 5) is 22.3. The summed E-state index contributed by atoms with van der Waals surface area (Å²) in [5, 5.41) is 0.944. The smallest absolute Gasteiger partial charge is 0.311 e. The molecule has 0 N–H and O–H groups in total. The van der Waals surface area contributed by atoms with Crippen LogP contribution >= 0.6 is 11.3 Å². The molecule has 2 aromatic carbocycles. The molecule has 6 heteroatoms. The van der Waals surface area contributed by atoms with Crippen LogP contribution in [-0.4, -0.2) is 20.5 Å². The molecule has 0 unspecified atom stereocenters. The van der Waals surface area contributed by atoms with Crippen molar-refractivity contribution in [3.8, 4) is 10.6 Å². The predicted octanol–water partition coefficient (Wildman–Crippen LogP) is 4.60. The topological polar surface area (TPSA) is 57.0 Å². The fourth-order valence-electron chi connectivity index (χ4n) is 3.14. The zero-order chi connectivity index (χ0) is 19.7. The Balaban J connectivity index is 1.43. The number of nitrogens with zero attached hydrogens (tertiary/aromatic N) is 3. The lowest BCUT2D eigenvalue weighted by molar-refractivity contribution is -0.144. The van der Waals surface area contributed by atoms with Crippen molar-refractivity contribution < 1.29 is 9.53 Å². The number of aromatic nitrogens is 3. The zero-order valence-electron chi connectivity index (χ0n) is 16.1. The van der Waals surface area contributed by atoms with Gasteiger partial charge in [0.05, 0.1) is 29.5 Å². The SMILES string of the molecule is Cc1ccccc1-c1nc(C)c(CC(=O)OCc2ccc3c(c2)ncn3C)s1. The van der Waals surface area contributed by atoms with Gasteiger partial charge in [-0.2, -0.15) is 0 Å². The van der Waals surface area contributed by atoms with E-state index in [0.29, 0.717) is 0 Å². The van der Waals surface area contributed by atoms with Gasteiger partial charge in [-0.05, 0) is 37.1 Å². The van der Waals surface area contributed by atoms with Crippen molar-refractivity contribution in [3.05, 3.63) is 70.5 Å². The Morgan fingerprint density at radius 3 is 2.82 bits per heavy atom. The molecule has 4 rings (SSSR count). The number of aryl methyl sites for hydroxylation is 3. The molecule has 2 aromatic heterocycles. The van der Waals surface area contributed by atoms with Crippen LogP contribution in [0.5, 0.6) is 0 Å². The Hall–Kier alpha value is -2.99. The molecule has 0 saturated carbocycles. The molecular weight excluding hydrogens is 370 g/mol. The van der Waals surface area contributed by atoms with Crippen molar-refractivity contribution in [3.63, 3.8) is 0 Å². The molecule has 0 saturated heterocycles. The average molecular weight is 391 g/mol. The summed E-state index contributed by atoms with van der Waals surface area (Å²) in [5.74, 6) is -0.246. The maximum absolute atomic E-state index is 12.4. The Morgan fingerprint density at radius 2 is 2.00 bits per heavy atom. The number of thiazole rings is 1. The summed E-state index contributed by atoms with van der Waals surface area (Å²) in [5.41, 5.74) is 6.06. The van der Waals surface area contributed by atoms with Gasteiger partial charge in [0.1, 0.15) is 11.6 Å². The van der Waals surface area contributed by atoms with Crippen LogP contribution in [0.3, 0.4) is 0 Å². The number of ether oxygens (including phenoxy) is 1. The van der Waals surface area contributed by atoms with E-state index in [-0.39, 0.29) is 19.0 Å². The normalized spacial score (nSPS) is 11.1. The van der Waals surface area contributed by atoms with Crippen molar-refractivity contribution in [2.75, 3.05) is 0 Å². The second-order valence-corrected chi connectivity index (χ2v) is 7.94. The number of carbonyl (C=O) groups is 1. The van der Waals surface area contributed by atoms with Crippen molar-refractivity contribution in [1.82, 2.24) is 14.5 Å². The van der Waals surface area contributed by atoms with Crippen molar-refractivity contribution >= 4 is 28.3 Å². The second kappa shape index (κ2) is 7.56. The number of benzene rings is 2. The predicted molar refractivity (Wildman–Crippen MR) is 111 cm³/mol. The van der Waals surface area contributed by atoms with E-state index in [2.05, 4.69) is 29.0 Å². The van der Waals surface area contributed by atoms with E-state index in [1.807, 2.05) is 48.9 Å². The van der Waals surface area contributed by atoms with Crippen LogP contribution in [0.25, 0.3) is 21.6 Å². The first-order valence-electron chi connectivity index (χ1n) is 9.09. The quantitative estimate of drug-likeness (QED) is 0.467. The van der Waals surface area contributed by atoms with Gasteiger partial charge in [0.2, 0.25) is 0 Å². The van der Waals surface area contributed by atoms with E-state index < -0.39 is 0 Å². The summed E-state index contributed by atoms with van der Waals surface area (Å²) in [6.45, 7) is 4.25. The van der Waals surface area contributed by atoms with Gasteiger partial charge in [-0.3, -0.25) is 4.79 Å². The molecule has 4 aromatic rings. The van der Waals surface area contributed by atoms with Crippen molar-refractivity contribution in [2.24, 2.45) is 7.05 Å². The highest BCUT2D eigenvalue weighted by Crippen LogP contribution is 2.30. The molecule has 0 spiro atoms. The molecule has 0 fully saturated rings. The van der Waals surface area contributed by atoms with Crippen LogP contribution in [0.2, 0.25) is 0 Å². The number of hydrogen-bond donors (Lipinski definition) is 0. The summed E-state index contributed by atoms with van der Waals surface area (Å²) in [7, 11) is 1.96. The van der Waals surface area contributed by atoms with Gasteiger partial charge >= 0.3 is 5.97 Å². The third-order valence-electron chi connectivity index (χ3n) is 4.76. The number of fused-ring (bicyclic) bond motifs is 1. The van der Waals surface area contributed by atoms with Gasteiger partial charge in [-0.15, -0.1) is 11.3 Å². The molecule has 142 valence electrons. The maximum atomic E-state index is 12.4. The molecule has 0 aliphatic heterocycles. The minimum absolute atomic E-state index is 0.237. The van der Waals surface area contributed by atoms with Gasteiger partial charge in [-0.1, -0.05) is 30.3 Å². The van der Waals surface area contributed by atoms with Crippen LogP contribution in [0.4, 0.5) is 0 Å². The standard InChI is InChI=1S/C22H21N3O2S/c1-14-6-4-5-7-17(14)22-24-15(2)20(28-22)11-21(26)27-12-16-8-9-19-18(10-16)23-13-25(19)3/h4-10,13H,11-12H2,1-3H3. The molecule has 0 aliphatic rings. The van der Waals surface area contributed by atoms with Gasteiger partial charge in [-0.25, -0.2) is 9.97 Å². The van der Waals surface area contributed by atoms with Crippen molar-refractivity contribution in [2.45, 2.75) is 26.9 Å². The molecule has 5 nitrogen and oxygen atoms in total. The lowest BCUT2D eigenvalue weighted by atomic mass is 10.1. The van der Waals surface area contributed by atoms with Crippen LogP contribution in [0.15, 0.2) is 48.8 Å². The third kappa shape index (κ3) is 3.68. The first kappa shape index (κ1) is 18.4. The highest BCUT2D eigenvalue weighted by atomic mass is 32.1.